The normalized spacial score (nSPS) is 12.7. The summed E-state index contributed by atoms with van der Waals surface area (Å²) in [5.41, 5.74) is 3.10. The zero-order valence-corrected chi connectivity index (χ0v) is 17.7. The predicted octanol–water partition coefficient (Wildman–Crippen LogP) is 5.13. The van der Waals surface area contributed by atoms with E-state index in [1.165, 1.54) is 11.8 Å². The Morgan fingerprint density at radius 2 is 1.69 bits per heavy atom. The van der Waals surface area contributed by atoms with Gasteiger partial charge in [-0.15, -0.1) is 0 Å². The minimum absolute atomic E-state index is 0.0302. The summed E-state index contributed by atoms with van der Waals surface area (Å²) in [6.07, 6.45) is 0. The fraction of sp³-hybridized carbons (Fsp3) is 0.261. The van der Waals surface area contributed by atoms with Crippen LogP contribution in [0.1, 0.15) is 42.9 Å². The van der Waals surface area contributed by atoms with Crippen molar-refractivity contribution in [3.05, 3.63) is 70.1 Å². The van der Waals surface area contributed by atoms with E-state index in [1.54, 1.807) is 10.6 Å². The summed E-state index contributed by atoms with van der Waals surface area (Å²) in [5.74, 6) is 0.0302. The molecular weight excluding hydrogens is 382 g/mol. The topological polar surface area (TPSA) is 67.8 Å². The summed E-state index contributed by atoms with van der Waals surface area (Å²) < 4.78 is 1.68. The van der Waals surface area contributed by atoms with Gasteiger partial charge in [-0.3, -0.25) is 14.2 Å². The number of nitrogens with one attached hydrogen (secondary N) is 1. The van der Waals surface area contributed by atoms with Gasteiger partial charge in [-0.2, -0.15) is 0 Å². The average molecular weight is 406 g/mol. The number of nitrogens with zero attached hydrogens (tertiary/aromatic N) is 2. The van der Waals surface area contributed by atoms with E-state index in [0.29, 0.717) is 21.6 Å². The van der Waals surface area contributed by atoms with Crippen molar-refractivity contribution in [2.45, 2.75) is 44.1 Å². The van der Waals surface area contributed by atoms with E-state index in [9.17, 15) is 9.59 Å². The Kier molecular flexibility index (Phi) is 5.04. The van der Waals surface area contributed by atoms with Crippen LogP contribution < -0.4 is 5.56 Å². The summed E-state index contributed by atoms with van der Waals surface area (Å²) >= 11 is 1.34. The lowest BCUT2D eigenvalue weighted by Gasteiger charge is -2.18. The number of aromatic nitrogens is 3. The van der Waals surface area contributed by atoms with Crippen molar-refractivity contribution in [3.63, 3.8) is 0 Å². The summed E-state index contributed by atoms with van der Waals surface area (Å²) in [7, 11) is 0. The minimum Gasteiger partial charge on any atom is -0.358 e. The van der Waals surface area contributed by atoms with Crippen LogP contribution in [0.3, 0.4) is 0 Å². The van der Waals surface area contributed by atoms with Crippen molar-refractivity contribution in [1.29, 1.82) is 0 Å². The molecule has 0 amide bonds. The van der Waals surface area contributed by atoms with Gasteiger partial charge in [0.1, 0.15) is 0 Å². The van der Waals surface area contributed by atoms with Crippen LogP contribution >= 0.6 is 11.8 Å². The van der Waals surface area contributed by atoms with E-state index in [0.717, 1.165) is 16.6 Å². The van der Waals surface area contributed by atoms with Gasteiger partial charge in [0.05, 0.1) is 16.2 Å². The highest BCUT2D eigenvalue weighted by Crippen LogP contribution is 2.30. The van der Waals surface area contributed by atoms with E-state index < -0.39 is 0 Å². The highest BCUT2D eigenvalue weighted by molar-refractivity contribution is 8.00. The van der Waals surface area contributed by atoms with Gasteiger partial charge in [0.15, 0.2) is 10.9 Å². The highest BCUT2D eigenvalue weighted by atomic mass is 32.2. The first-order valence-corrected chi connectivity index (χ1v) is 10.6. The fourth-order valence-electron chi connectivity index (χ4n) is 3.67. The summed E-state index contributed by atoms with van der Waals surface area (Å²) in [5, 5.41) is 1.71. The Bertz CT molecular complexity index is 1290. The second-order valence-corrected chi connectivity index (χ2v) is 8.78. The number of aromatic amines is 1. The van der Waals surface area contributed by atoms with Crippen LogP contribution in [-0.2, 0) is 0 Å². The molecule has 0 saturated carbocycles. The molecule has 0 bridgehead atoms. The number of ketones is 1. The van der Waals surface area contributed by atoms with Gasteiger partial charge in [0.2, 0.25) is 0 Å². The monoisotopic (exact) mass is 405 g/mol. The smallest absolute Gasteiger partial charge is 0.262 e. The maximum Gasteiger partial charge on any atom is 0.262 e. The maximum atomic E-state index is 13.3. The van der Waals surface area contributed by atoms with Crippen LogP contribution in [0.15, 0.2) is 58.5 Å². The molecule has 0 spiro atoms. The van der Waals surface area contributed by atoms with Crippen molar-refractivity contribution in [2.75, 3.05) is 0 Å². The molecule has 0 fully saturated rings. The Morgan fingerprint density at radius 1 is 1.03 bits per heavy atom. The average Bonchev–Trinajstić information content (AvgIpc) is 3.02. The fourth-order valence-corrected chi connectivity index (χ4v) is 4.77. The summed E-state index contributed by atoms with van der Waals surface area (Å²) in [6.45, 7) is 7.71. The number of carbonyl (C=O) groups is 1. The number of hydrogen-bond acceptors (Lipinski definition) is 4. The van der Waals surface area contributed by atoms with Gasteiger partial charge in [-0.1, -0.05) is 42.1 Å². The summed E-state index contributed by atoms with van der Waals surface area (Å²) in [4.78, 5) is 34.3. The van der Waals surface area contributed by atoms with Crippen LogP contribution in [0.25, 0.3) is 21.8 Å². The largest absolute Gasteiger partial charge is 0.358 e. The molecule has 2 heterocycles. The third kappa shape index (κ3) is 3.38. The Balaban J connectivity index is 1.76. The molecule has 5 nitrogen and oxygen atoms in total. The Labute approximate surface area is 173 Å². The zero-order valence-electron chi connectivity index (χ0n) is 16.9. The van der Waals surface area contributed by atoms with Gasteiger partial charge < -0.3 is 4.98 Å². The predicted molar refractivity (Wildman–Crippen MR) is 119 cm³/mol. The summed E-state index contributed by atoms with van der Waals surface area (Å²) in [6, 6.07) is 15.1. The molecule has 29 heavy (non-hydrogen) atoms. The first-order valence-electron chi connectivity index (χ1n) is 9.68. The number of hydrogen-bond donors (Lipinski definition) is 1. The third-order valence-electron chi connectivity index (χ3n) is 5.08. The number of H-pyrrole nitrogens is 1. The molecule has 1 N–H and O–H groups in total. The minimum atomic E-state index is -0.383. The quantitative estimate of drug-likeness (QED) is 0.284. The molecular formula is C23H23N3O2S. The number of Topliss-reactive ketones (excluding diaryl/α,β-unsaturated/α-hetero) is 1. The molecule has 148 valence electrons. The van der Waals surface area contributed by atoms with E-state index in [4.69, 9.17) is 4.98 Å². The molecule has 0 radical (unpaired) electrons. The van der Waals surface area contributed by atoms with Crippen molar-refractivity contribution in [2.24, 2.45) is 0 Å². The molecule has 0 aliphatic carbocycles. The van der Waals surface area contributed by atoms with Crippen LogP contribution in [-0.4, -0.2) is 25.6 Å². The number of benzene rings is 2. The van der Waals surface area contributed by atoms with Gasteiger partial charge in [-0.05, 0) is 45.9 Å². The molecule has 0 saturated heterocycles. The lowest BCUT2D eigenvalue weighted by molar-refractivity contribution is 0.0995. The number of rotatable bonds is 5. The van der Waals surface area contributed by atoms with E-state index in [-0.39, 0.29) is 22.6 Å². The standard InChI is InChI=1S/C23H23N3O2S/c1-13(2)26-22(28)17-10-6-8-12-19(17)25-23(26)29-15(4)21(27)20-14(3)24-18-11-7-5-9-16(18)20/h5-13,15,24H,1-4H3. The van der Waals surface area contributed by atoms with E-state index >= 15 is 0 Å². The number of para-hydroxylation sites is 2. The number of thioether (sulfide) groups is 1. The molecule has 0 aliphatic heterocycles. The lowest BCUT2D eigenvalue weighted by atomic mass is 10.1. The zero-order chi connectivity index (χ0) is 20.7. The molecule has 4 aromatic rings. The van der Waals surface area contributed by atoms with Crippen molar-refractivity contribution in [1.82, 2.24) is 14.5 Å². The molecule has 4 rings (SSSR count). The third-order valence-corrected chi connectivity index (χ3v) is 6.15. The molecule has 0 aliphatic rings. The Hall–Kier alpha value is -2.86. The number of aryl methyl sites for hydroxylation is 1. The van der Waals surface area contributed by atoms with Crippen LogP contribution in [0.4, 0.5) is 0 Å². The number of carbonyl (C=O) groups excluding carboxylic acids is 1. The molecule has 1 atom stereocenters. The highest BCUT2D eigenvalue weighted by Gasteiger charge is 2.25. The van der Waals surface area contributed by atoms with Crippen LogP contribution in [0, 0.1) is 6.92 Å². The first-order chi connectivity index (χ1) is 13.9. The molecule has 1 unspecified atom stereocenters. The van der Waals surface area contributed by atoms with Crippen LogP contribution in [0.5, 0.6) is 0 Å². The second-order valence-electron chi connectivity index (χ2n) is 7.48. The van der Waals surface area contributed by atoms with E-state index in [2.05, 4.69) is 4.98 Å². The maximum absolute atomic E-state index is 13.3. The first kappa shape index (κ1) is 19.5. The van der Waals surface area contributed by atoms with E-state index in [1.807, 2.05) is 70.2 Å². The Morgan fingerprint density at radius 3 is 2.41 bits per heavy atom. The lowest BCUT2D eigenvalue weighted by Crippen LogP contribution is -2.26. The molecule has 2 aromatic heterocycles. The van der Waals surface area contributed by atoms with Crippen molar-refractivity contribution < 1.29 is 4.79 Å². The second kappa shape index (κ2) is 7.52. The number of fused-ring (bicyclic) bond motifs is 2. The molecule has 2 aromatic carbocycles. The van der Waals surface area contributed by atoms with Gasteiger partial charge >= 0.3 is 0 Å². The SMILES string of the molecule is Cc1[nH]c2ccccc2c1C(=O)C(C)Sc1nc2ccccc2c(=O)n1C(C)C. The molecule has 6 heteroatoms. The van der Waals surface area contributed by atoms with Crippen molar-refractivity contribution >= 4 is 39.4 Å². The van der Waals surface area contributed by atoms with Crippen molar-refractivity contribution in [3.8, 4) is 0 Å². The van der Waals surface area contributed by atoms with Gasteiger partial charge in [0, 0.05) is 28.2 Å². The van der Waals surface area contributed by atoms with Gasteiger partial charge in [-0.25, -0.2) is 4.98 Å². The van der Waals surface area contributed by atoms with Gasteiger partial charge in [0.25, 0.3) is 5.56 Å². The van der Waals surface area contributed by atoms with Crippen LogP contribution in [0.2, 0.25) is 0 Å².